The molecule has 1 heterocycles. The van der Waals surface area contributed by atoms with Crippen LogP contribution in [-0.2, 0) is 25.6 Å². The molecule has 0 spiro atoms. The Balaban J connectivity index is 1.88. The maximum absolute atomic E-state index is 12.8. The number of hydrogen-bond acceptors (Lipinski definition) is 6. The summed E-state index contributed by atoms with van der Waals surface area (Å²) in [5.74, 6) is -2.75. The molecule has 1 aliphatic rings. The molecule has 170 valence electrons. The highest BCUT2D eigenvalue weighted by Gasteiger charge is 2.38. The van der Waals surface area contributed by atoms with E-state index in [9.17, 15) is 29.4 Å². The van der Waals surface area contributed by atoms with Crippen molar-refractivity contribution in [3.8, 4) is 5.75 Å². The van der Waals surface area contributed by atoms with Crippen molar-refractivity contribution in [2.24, 2.45) is 11.7 Å². The van der Waals surface area contributed by atoms with E-state index in [1.54, 1.807) is 26.0 Å². The average molecular weight is 434 g/mol. The van der Waals surface area contributed by atoms with Gasteiger partial charge in [-0.2, -0.15) is 0 Å². The molecule has 0 saturated carbocycles. The lowest BCUT2D eigenvalue weighted by molar-refractivity contribution is -0.150. The number of rotatable bonds is 9. The summed E-state index contributed by atoms with van der Waals surface area (Å²) in [4.78, 5) is 50.0. The zero-order chi connectivity index (χ0) is 23.1. The Kier molecular flexibility index (Phi) is 8.38. The first kappa shape index (κ1) is 24.1. The van der Waals surface area contributed by atoms with Crippen molar-refractivity contribution < 1.29 is 29.4 Å². The van der Waals surface area contributed by atoms with Crippen LogP contribution in [0.25, 0.3) is 0 Å². The second-order valence-corrected chi connectivity index (χ2v) is 8.01. The molecule has 0 aliphatic carbocycles. The molecule has 1 aliphatic heterocycles. The molecule has 3 atom stereocenters. The molecule has 0 radical (unpaired) electrons. The van der Waals surface area contributed by atoms with Crippen molar-refractivity contribution in [2.75, 3.05) is 13.1 Å². The summed E-state index contributed by atoms with van der Waals surface area (Å²) < 4.78 is 0. The summed E-state index contributed by atoms with van der Waals surface area (Å²) in [7, 11) is 0. The van der Waals surface area contributed by atoms with E-state index < -0.39 is 41.8 Å². The standard InChI is InChI=1S/C21H30N4O6/c1-12(2)18(20(29)25-9-3-4-16(25)21(30)31)24-17(27)11-23-19(28)15(22)10-13-5-7-14(26)8-6-13/h5-8,12,15-16,18,26H,3-4,9-11,22H2,1-2H3,(H,23,28)(H,24,27)(H,30,31). The van der Waals surface area contributed by atoms with Gasteiger partial charge in [-0.3, -0.25) is 14.4 Å². The highest BCUT2D eigenvalue weighted by Crippen LogP contribution is 2.20. The van der Waals surface area contributed by atoms with E-state index in [1.807, 2.05) is 0 Å². The predicted molar refractivity (Wildman–Crippen MR) is 112 cm³/mol. The molecule has 0 aromatic heterocycles. The molecule has 1 fully saturated rings. The van der Waals surface area contributed by atoms with Crippen LogP contribution in [0.5, 0.6) is 5.75 Å². The first-order valence-electron chi connectivity index (χ1n) is 10.2. The summed E-state index contributed by atoms with van der Waals surface area (Å²) in [5, 5.41) is 23.6. The van der Waals surface area contributed by atoms with Gasteiger partial charge in [0.05, 0.1) is 12.6 Å². The molecule has 2 rings (SSSR count). The van der Waals surface area contributed by atoms with Gasteiger partial charge in [-0.05, 0) is 42.9 Å². The van der Waals surface area contributed by atoms with E-state index >= 15 is 0 Å². The Morgan fingerprint density at radius 2 is 1.84 bits per heavy atom. The minimum Gasteiger partial charge on any atom is -0.508 e. The van der Waals surface area contributed by atoms with E-state index in [0.717, 1.165) is 5.56 Å². The fourth-order valence-corrected chi connectivity index (χ4v) is 3.48. The highest BCUT2D eigenvalue weighted by atomic mass is 16.4. The maximum atomic E-state index is 12.8. The zero-order valence-corrected chi connectivity index (χ0v) is 17.7. The van der Waals surface area contributed by atoms with Gasteiger partial charge in [0.15, 0.2) is 0 Å². The second kappa shape index (κ2) is 10.8. The lowest BCUT2D eigenvalue weighted by Crippen LogP contribution is -2.55. The van der Waals surface area contributed by atoms with Crippen molar-refractivity contribution in [3.05, 3.63) is 29.8 Å². The predicted octanol–water partition coefficient (Wildman–Crippen LogP) is -0.405. The summed E-state index contributed by atoms with van der Waals surface area (Å²) in [6, 6.07) is 3.62. The molecule has 31 heavy (non-hydrogen) atoms. The van der Waals surface area contributed by atoms with Crippen molar-refractivity contribution in [3.63, 3.8) is 0 Å². The fourth-order valence-electron chi connectivity index (χ4n) is 3.48. The third-order valence-corrected chi connectivity index (χ3v) is 5.22. The van der Waals surface area contributed by atoms with Crippen LogP contribution in [0.3, 0.4) is 0 Å². The number of benzene rings is 1. The number of carbonyl (C=O) groups excluding carboxylic acids is 3. The molecule has 1 aromatic carbocycles. The molecule has 0 bridgehead atoms. The van der Waals surface area contributed by atoms with Gasteiger partial charge in [0.2, 0.25) is 17.7 Å². The van der Waals surface area contributed by atoms with E-state index in [2.05, 4.69) is 10.6 Å². The number of nitrogens with zero attached hydrogens (tertiary/aromatic N) is 1. The van der Waals surface area contributed by atoms with Crippen LogP contribution in [0.15, 0.2) is 24.3 Å². The average Bonchev–Trinajstić information content (AvgIpc) is 3.21. The monoisotopic (exact) mass is 434 g/mol. The Labute approximate surface area is 180 Å². The Hall–Kier alpha value is -3.14. The summed E-state index contributed by atoms with van der Waals surface area (Å²) in [6.07, 6.45) is 1.21. The fraction of sp³-hybridized carbons (Fsp3) is 0.524. The minimum absolute atomic E-state index is 0.108. The van der Waals surface area contributed by atoms with Gasteiger partial charge in [0, 0.05) is 6.54 Å². The largest absolute Gasteiger partial charge is 0.508 e. The van der Waals surface area contributed by atoms with E-state index in [-0.39, 0.29) is 24.6 Å². The molecule has 10 heteroatoms. The first-order chi connectivity index (χ1) is 14.6. The molecule has 1 saturated heterocycles. The van der Waals surface area contributed by atoms with Crippen molar-refractivity contribution in [1.82, 2.24) is 15.5 Å². The van der Waals surface area contributed by atoms with Gasteiger partial charge in [-0.1, -0.05) is 26.0 Å². The summed E-state index contributed by atoms with van der Waals surface area (Å²) in [6.45, 7) is 3.47. The number of likely N-dealkylation sites (tertiary alicyclic amines) is 1. The van der Waals surface area contributed by atoms with Gasteiger partial charge >= 0.3 is 5.97 Å². The van der Waals surface area contributed by atoms with Crippen molar-refractivity contribution in [2.45, 2.75) is 51.2 Å². The molecular weight excluding hydrogens is 404 g/mol. The number of aliphatic carboxylic acids is 1. The normalized spacial score (nSPS) is 17.8. The summed E-state index contributed by atoms with van der Waals surface area (Å²) >= 11 is 0. The molecule has 10 nitrogen and oxygen atoms in total. The number of nitrogens with one attached hydrogen (secondary N) is 2. The van der Waals surface area contributed by atoms with E-state index in [4.69, 9.17) is 5.73 Å². The highest BCUT2D eigenvalue weighted by molar-refractivity contribution is 5.93. The number of carbonyl (C=O) groups is 4. The zero-order valence-electron chi connectivity index (χ0n) is 17.7. The van der Waals surface area contributed by atoms with Crippen molar-refractivity contribution in [1.29, 1.82) is 0 Å². The third kappa shape index (κ3) is 6.68. The van der Waals surface area contributed by atoms with Crippen LogP contribution < -0.4 is 16.4 Å². The van der Waals surface area contributed by atoms with Crippen LogP contribution in [0, 0.1) is 5.92 Å². The van der Waals surface area contributed by atoms with Gasteiger partial charge in [-0.25, -0.2) is 4.79 Å². The third-order valence-electron chi connectivity index (χ3n) is 5.22. The molecule has 1 aromatic rings. The van der Waals surface area contributed by atoms with Crippen LogP contribution in [0.2, 0.25) is 0 Å². The Morgan fingerprint density at radius 3 is 2.42 bits per heavy atom. The maximum Gasteiger partial charge on any atom is 0.326 e. The first-order valence-corrected chi connectivity index (χ1v) is 10.2. The number of carboxylic acid groups (broad SMARTS) is 1. The number of nitrogens with two attached hydrogens (primary N) is 1. The minimum atomic E-state index is -1.06. The number of carboxylic acids is 1. The smallest absolute Gasteiger partial charge is 0.326 e. The SMILES string of the molecule is CC(C)C(NC(=O)CNC(=O)C(N)Cc1ccc(O)cc1)C(=O)N1CCCC1C(=O)O. The number of hydrogen-bond donors (Lipinski definition) is 5. The molecule has 3 unspecified atom stereocenters. The Morgan fingerprint density at radius 1 is 1.19 bits per heavy atom. The number of aromatic hydroxyl groups is 1. The van der Waals surface area contributed by atoms with Crippen LogP contribution in [-0.4, -0.2) is 70.0 Å². The quantitative estimate of drug-likeness (QED) is 0.353. The topological polar surface area (TPSA) is 162 Å². The second-order valence-electron chi connectivity index (χ2n) is 8.01. The molecule has 6 N–H and O–H groups in total. The van der Waals surface area contributed by atoms with Crippen LogP contribution in [0.1, 0.15) is 32.3 Å². The van der Waals surface area contributed by atoms with Crippen molar-refractivity contribution >= 4 is 23.7 Å². The van der Waals surface area contributed by atoms with Gasteiger partial charge in [0.25, 0.3) is 0 Å². The van der Waals surface area contributed by atoms with Gasteiger partial charge in [0.1, 0.15) is 17.8 Å². The lowest BCUT2D eigenvalue weighted by Gasteiger charge is -2.29. The molecular formula is C21H30N4O6. The summed E-state index contributed by atoms with van der Waals surface area (Å²) in [5.41, 5.74) is 6.63. The van der Waals surface area contributed by atoms with Crippen LogP contribution in [0.4, 0.5) is 0 Å². The number of amides is 3. The number of phenols is 1. The van der Waals surface area contributed by atoms with Crippen LogP contribution >= 0.6 is 0 Å². The van der Waals surface area contributed by atoms with Gasteiger partial charge in [-0.15, -0.1) is 0 Å². The molecule has 3 amide bonds. The van der Waals surface area contributed by atoms with E-state index in [1.165, 1.54) is 17.0 Å². The lowest BCUT2D eigenvalue weighted by atomic mass is 10.0. The van der Waals surface area contributed by atoms with E-state index in [0.29, 0.717) is 19.4 Å². The van der Waals surface area contributed by atoms with Gasteiger partial charge < -0.3 is 31.5 Å². The number of phenolic OH excluding ortho intramolecular Hbond substituents is 1. The Bertz CT molecular complexity index is 811.